The number of unbranched alkanes of at least 4 members (excludes halogenated alkanes) is 1. The molecular weight excluding hydrogens is 306 g/mol. The van der Waals surface area contributed by atoms with Crippen LogP contribution in [0.25, 0.3) is 0 Å². The van der Waals surface area contributed by atoms with Crippen LogP contribution in [0, 0.1) is 6.92 Å². The van der Waals surface area contributed by atoms with Gasteiger partial charge < -0.3 is 9.64 Å². The van der Waals surface area contributed by atoms with E-state index < -0.39 is 0 Å². The Morgan fingerprint density at radius 2 is 2.11 bits per heavy atom. The highest BCUT2D eigenvalue weighted by atomic mass is 79.9. The molecule has 4 heteroatoms. The van der Waals surface area contributed by atoms with Crippen molar-refractivity contribution in [2.45, 2.75) is 32.7 Å². The number of rotatable bonds is 7. The molecule has 0 saturated heterocycles. The third-order valence-corrected chi connectivity index (χ3v) is 3.60. The van der Waals surface area contributed by atoms with Gasteiger partial charge in [-0.2, -0.15) is 0 Å². The van der Waals surface area contributed by atoms with E-state index in [4.69, 9.17) is 4.74 Å². The van der Waals surface area contributed by atoms with Gasteiger partial charge in [-0.1, -0.05) is 33.6 Å². The van der Waals surface area contributed by atoms with Crippen LogP contribution in [0.3, 0.4) is 0 Å². The Kier molecular flexibility index (Phi) is 6.92. The normalized spacial score (nSPS) is 10.3. The molecule has 0 spiro atoms. The van der Waals surface area contributed by atoms with Crippen LogP contribution < -0.4 is 4.74 Å². The van der Waals surface area contributed by atoms with Crippen LogP contribution in [0.1, 0.15) is 30.4 Å². The van der Waals surface area contributed by atoms with Crippen LogP contribution in [0.4, 0.5) is 0 Å². The molecule has 106 valence electrons. The number of aryl methyl sites for hydroxylation is 1. The molecule has 0 radical (unpaired) electrons. The Balaban J connectivity index is 2.62. The summed E-state index contributed by atoms with van der Waals surface area (Å²) in [6.07, 6.45) is 2.57. The van der Waals surface area contributed by atoms with Crippen LogP contribution in [-0.4, -0.2) is 30.3 Å². The molecule has 0 bridgehead atoms. The quantitative estimate of drug-likeness (QED) is 0.566. The maximum Gasteiger partial charge on any atom is 0.222 e. The third-order valence-electron chi connectivity index (χ3n) is 3.04. The van der Waals surface area contributed by atoms with Crippen molar-refractivity contribution in [3.63, 3.8) is 0 Å². The number of hydrogen-bond acceptors (Lipinski definition) is 2. The van der Waals surface area contributed by atoms with Gasteiger partial charge in [0, 0.05) is 30.9 Å². The summed E-state index contributed by atoms with van der Waals surface area (Å²) < 4.78 is 5.34. The molecule has 0 heterocycles. The van der Waals surface area contributed by atoms with Crippen LogP contribution in [0.2, 0.25) is 0 Å². The Morgan fingerprint density at radius 1 is 1.37 bits per heavy atom. The molecule has 1 rings (SSSR count). The fourth-order valence-electron chi connectivity index (χ4n) is 1.94. The average Bonchev–Trinajstić information content (AvgIpc) is 2.39. The van der Waals surface area contributed by atoms with Crippen molar-refractivity contribution in [1.29, 1.82) is 0 Å². The van der Waals surface area contributed by atoms with Crippen molar-refractivity contribution in [2.24, 2.45) is 0 Å². The molecular formula is C15H22BrNO2. The first kappa shape index (κ1) is 16.0. The summed E-state index contributed by atoms with van der Waals surface area (Å²) in [7, 11) is 3.50. The fraction of sp³-hybridized carbons (Fsp3) is 0.533. The second kappa shape index (κ2) is 8.20. The van der Waals surface area contributed by atoms with E-state index in [1.54, 1.807) is 12.0 Å². The Hall–Kier alpha value is -1.03. The van der Waals surface area contributed by atoms with Crippen molar-refractivity contribution in [1.82, 2.24) is 4.90 Å². The van der Waals surface area contributed by atoms with E-state index in [0.29, 0.717) is 13.0 Å². The highest BCUT2D eigenvalue weighted by Gasteiger charge is 2.11. The Morgan fingerprint density at radius 3 is 2.74 bits per heavy atom. The lowest BCUT2D eigenvalue weighted by Crippen LogP contribution is -2.26. The summed E-state index contributed by atoms with van der Waals surface area (Å²) in [6.45, 7) is 2.64. The number of benzene rings is 1. The van der Waals surface area contributed by atoms with Crippen molar-refractivity contribution >= 4 is 21.8 Å². The Bertz CT molecular complexity index is 421. The predicted octanol–water partition coefficient (Wildman–Crippen LogP) is 3.53. The van der Waals surface area contributed by atoms with E-state index in [1.165, 1.54) is 5.56 Å². The van der Waals surface area contributed by atoms with Crippen LogP contribution >= 0.6 is 15.9 Å². The molecule has 0 aromatic heterocycles. The highest BCUT2D eigenvalue weighted by Crippen LogP contribution is 2.21. The number of hydrogen-bond donors (Lipinski definition) is 0. The SMILES string of the molecule is COc1ccc(C)cc1CN(C)C(=O)CCCCBr. The molecule has 1 aromatic carbocycles. The summed E-state index contributed by atoms with van der Waals surface area (Å²) in [5.41, 5.74) is 2.23. The number of nitrogens with zero attached hydrogens (tertiary/aromatic N) is 1. The van der Waals surface area contributed by atoms with Crippen LogP contribution in [0.15, 0.2) is 18.2 Å². The molecule has 0 unspecified atom stereocenters. The molecule has 0 aliphatic heterocycles. The minimum atomic E-state index is 0.185. The van der Waals surface area contributed by atoms with Crippen molar-refractivity contribution in [3.05, 3.63) is 29.3 Å². The number of halogens is 1. The molecule has 0 atom stereocenters. The van der Waals surface area contributed by atoms with Gasteiger partial charge >= 0.3 is 0 Å². The standard InChI is InChI=1S/C15H22BrNO2/c1-12-7-8-14(19-3)13(10-12)11-17(2)15(18)6-4-5-9-16/h7-8,10H,4-6,9,11H2,1-3H3. The van der Waals surface area contributed by atoms with Crippen LogP contribution in [-0.2, 0) is 11.3 Å². The van der Waals surface area contributed by atoms with Crippen LogP contribution in [0.5, 0.6) is 5.75 Å². The number of ether oxygens (including phenoxy) is 1. The fourth-order valence-corrected chi connectivity index (χ4v) is 2.33. The van der Waals surface area contributed by atoms with E-state index in [9.17, 15) is 4.79 Å². The lowest BCUT2D eigenvalue weighted by atomic mass is 10.1. The van der Waals surface area contributed by atoms with Gasteiger partial charge in [0.25, 0.3) is 0 Å². The van der Waals surface area contributed by atoms with Gasteiger partial charge in [-0.3, -0.25) is 4.79 Å². The van der Waals surface area contributed by atoms with Gasteiger partial charge in [0.05, 0.1) is 7.11 Å². The monoisotopic (exact) mass is 327 g/mol. The summed E-state index contributed by atoms with van der Waals surface area (Å²) in [6, 6.07) is 6.04. The topological polar surface area (TPSA) is 29.5 Å². The number of carbonyl (C=O) groups excluding carboxylic acids is 1. The van der Waals surface area contributed by atoms with Gasteiger partial charge in [0.1, 0.15) is 5.75 Å². The van der Waals surface area contributed by atoms with Crippen molar-refractivity contribution in [2.75, 3.05) is 19.5 Å². The van der Waals surface area contributed by atoms with Gasteiger partial charge in [-0.05, 0) is 25.8 Å². The van der Waals surface area contributed by atoms with Crippen molar-refractivity contribution < 1.29 is 9.53 Å². The van der Waals surface area contributed by atoms with Crippen molar-refractivity contribution in [3.8, 4) is 5.75 Å². The molecule has 0 aliphatic rings. The average molecular weight is 328 g/mol. The molecule has 3 nitrogen and oxygen atoms in total. The lowest BCUT2D eigenvalue weighted by molar-refractivity contribution is -0.130. The van der Waals surface area contributed by atoms with E-state index in [1.807, 2.05) is 26.1 Å². The largest absolute Gasteiger partial charge is 0.496 e. The zero-order valence-electron chi connectivity index (χ0n) is 11.9. The Labute approximate surface area is 124 Å². The predicted molar refractivity (Wildman–Crippen MR) is 81.9 cm³/mol. The zero-order chi connectivity index (χ0) is 14.3. The smallest absolute Gasteiger partial charge is 0.222 e. The number of amides is 1. The number of methoxy groups -OCH3 is 1. The summed E-state index contributed by atoms with van der Waals surface area (Å²) in [4.78, 5) is 13.7. The zero-order valence-corrected chi connectivity index (χ0v) is 13.5. The summed E-state index contributed by atoms with van der Waals surface area (Å²) >= 11 is 3.38. The second-order valence-electron chi connectivity index (χ2n) is 4.71. The molecule has 0 N–H and O–H groups in total. The first-order valence-corrected chi connectivity index (χ1v) is 7.64. The third kappa shape index (κ3) is 5.23. The summed E-state index contributed by atoms with van der Waals surface area (Å²) in [5.74, 6) is 1.02. The van der Waals surface area contributed by atoms with Gasteiger partial charge in [-0.15, -0.1) is 0 Å². The maximum atomic E-state index is 12.0. The van der Waals surface area contributed by atoms with Gasteiger partial charge in [0.15, 0.2) is 0 Å². The van der Waals surface area contributed by atoms with Gasteiger partial charge in [0.2, 0.25) is 5.91 Å². The maximum absolute atomic E-state index is 12.0. The molecule has 1 aromatic rings. The lowest BCUT2D eigenvalue weighted by Gasteiger charge is -2.19. The summed E-state index contributed by atoms with van der Waals surface area (Å²) in [5, 5.41) is 0.954. The first-order valence-electron chi connectivity index (χ1n) is 6.52. The van der Waals surface area contributed by atoms with E-state index in [2.05, 4.69) is 22.0 Å². The van der Waals surface area contributed by atoms with E-state index in [-0.39, 0.29) is 5.91 Å². The molecule has 0 aliphatic carbocycles. The van der Waals surface area contributed by atoms with E-state index >= 15 is 0 Å². The second-order valence-corrected chi connectivity index (χ2v) is 5.50. The van der Waals surface area contributed by atoms with E-state index in [0.717, 1.165) is 29.5 Å². The van der Waals surface area contributed by atoms with Gasteiger partial charge in [-0.25, -0.2) is 0 Å². The molecule has 1 amide bonds. The minimum Gasteiger partial charge on any atom is -0.496 e. The molecule has 19 heavy (non-hydrogen) atoms. The molecule has 0 saturated carbocycles. The minimum absolute atomic E-state index is 0.185. The number of carbonyl (C=O) groups is 1. The highest BCUT2D eigenvalue weighted by molar-refractivity contribution is 9.09. The molecule has 0 fully saturated rings. The first-order chi connectivity index (χ1) is 9.08. The number of alkyl halides is 1.